The van der Waals surface area contributed by atoms with Crippen LogP contribution >= 0.6 is 0 Å². The smallest absolute Gasteiger partial charge is 0.338 e. The Labute approximate surface area is 142 Å². The Morgan fingerprint density at radius 1 is 0.708 bits per heavy atom. The summed E-state index contributed by atoms with van der Waals surface area (Å²) in [4.78, 5) is 11.5. The molecule has 0 heterocycles. The first kappa shape index (κ1) is 15.8. The van der Waals surface area contributed by atoms with Crippen molar-refractivity contribution in [3.8, 4) is 28.0 Å². The fraction of sp³-hybridized carbons (Fsp3) is 0.0455. The summed E-state index contributed by atoms with van der Waals surface area (Å²) in [6, 6.07) is 26.2. The van der Waals surface area contributed by atoms with Gasteiger partial charge in [0.2, 0.25) is 0 Å². The molecule has 24 heavy (non-hydrogen) atoms. The van der Waals surface area contributed by atoms with Crippen LogP contribution in [0.2, 0.25) is 0 Å². The average Bonchev–Trinajstić information content (AvgIpc) is 2.63. The lowest BCUT2D eigenvalue weighted by molar-refractivity contribution is -0.130. The van der Waals surface area contributed by atoms with Crippen molar-refractivity contribution in [1.29, 1.82) is 0 Å². The molecular formula is C22H18O2. The Morgan fingerprint density at radius 2 is 1.12 bits per heavy atom. The molecule has 3 aromatic carbocycles. The number of hydrogen-bond acceptors (Lipinski definition) is 2. The number of benzene rings is 3. The van der Waals surface area contributed by atoms with Gasteiger partial charge in [0.25, 0.3) is 0 Å². The van der Waals surface area contributed by atoms with E-state index in [1.807, 2.05) is 30.3 Å². The van der Waals surface area contributed by atoms with Crippen molar-refractivity contribution in [3.63, 3.8) is 0 Å². The summed E-state index contributed by atoms with van der Waals surface area (Å²) in [5, 5.41) is 0. The number of ether oxygens (including phenoxy) is 1. The molecule has 0 saturated carbocycles. The van der Waals surface area contributed by atoms with E-state index < -0.39 is 5.97 Å². The summed E-state index contributed by atoms with van der Waals surface area (Å²) >= 11 is 0. The van der Waals surface area contributed by atoms with Gasteiger partial charge in [0.05, 0.1) is 0 Å². The zero-order valence-electron chi connectivity index (χ0n) is 13.5. The minimum Gasteiger partial charge on any atom is -0.423 e. The number of carbonyl (C=O) groups excluding carboxylic acids is 1. The van der Waals surface area contributed by atoms with Gasteiger partial charge in [-0.25, -0.2) is 4.79 Å². The largest absolute Gasteiger partial charge is 0.423 e. The maximum Gasteiger partial charge on any atom is 0.338 e. The van der Waals surface area contributed by atoms with Crippen LogP contribution in [0.4, 0.5) is 0 Å². The van der Waals surface area contributed by atoms with Crippen LogP contribution in [0.25, 0.3) is 22.3 Å². The number of rotatable bonds is 4. The highest BCUT2D eigenvalue weighted by atomic mass is 16.5. The predicted molar refractivity (Wildman–Crippen MR) is 97.8 cm³/mol. The molecule has 0 aliphatic carbocycles. The molecule has 0 fully saturated rings. The van der Waals surface area contributed by atoms with Crippen molar-refractivity contribution in [2.45, 2.75) is 6.92 Å². The molecule has 0 aromatic heterocycles. The van der Waals surface area contributed by atoms with Crippen LogP contribution in [0, 0.1) is 0 Å². The van der Waals surface area contributed by atoms with E-state index in [4.69, 9.17) is 4.74 Å². The lowest BCUT2D eigenvalue weighted by Crippen LogP contribution is -2.07. The van der Waals surface area contributed by atoms with E-state index >= 15 is 0 Å². The van der Waals surface area contributed by atoms with Gasteiger partial charge in [-0.15, -0.1) is 0 Å². The van der Waals surface area contributed by atoms with E-state index in [-0.39, 0.29) is 0 Å². The summed E-state index contributed by atoms with van der Waals surface area (Å²) < 4.78 is 5.21. The maximum atomic E-state index is 11.5. The van der Waals surface area contributed by atoms with E-state index in [0.717, 1.165) is 11.1 Å². The van der Waals surface area contributed by atoms with Crippen molar-refractivity contribution >= 4 is 5.97 Å². The molecular weight excluding hydrogens is 296 g/mol. The lowest BCUT2D eigenvalue weighted by atomic mass is 10.0. The number of esters is 1. The maximum absolute atomic E-state index is 11.5. The molecule has 0 saturated heterocycles. The molecule has 0 atom stereocenters. The highest BCUT2D eigenvalue weighted by Crippen LogP contribution is 2.26. The SMILES string of the molecule is C=C(C)C(=O)Oc1ccc(-c2ccc(-c3ccccc3)cc2)cc1. The van der Waals surface area contributed by atoms with Gasteiger partial charge in [-0.05, 0) is 41.3 Å². The van der Waals surface area contributed by atoms with E-state index in [9.17, 15) is 4.79 Å². The third-order valence-electron chi connectivity index (χ3n) is 3.74. The molecule has 0 N–H and O–H groups in total. The molecule has 0 bridgehead atoms. The van der Waals surface area contributed by atoms with Crippen molar-refractivity contribution in [1.82, 2.24) is 0 Å². The van der Waals surface area contributed by atoms with Gasteiger partial charge in [-0.3, -0.25) is 0 Å². The lowest BCUT2D eigenvalue weighted by Gasteiger charge is -2.07. The van der Waals surface area contributed by atoms with Crippen molar-refractivity contribution in [3.05, 3.63) is 91.0 Å². The first-order valence-corrected chi connectivity index (χ1v) is 7.77. The van der Waals surface area contributed by atoms with Crippen LogP contribution in [0.15, 0.2) is 91.0 Å². The second-order valence-corrected chi connectivity index (χ2v) is 5.64. The minimum atomic E-state index is -0.407. The topological polar surface area (TPSA) is 26.3 Å². The van der Waals surface area contributed by atoms with Crippen LogP contribution < -0.4 is 4.74 Å². The van der Waals surface area contributed by atoms with Gasteiger partial charge >= 0.3 is 5.97 Å². The summed E-state index contributed by atoms with van der Waals surface area (Å²) in [6.07, 6.45) is 0. The van der Waals surface area contributed by atoms with Crippen molar-refractivity contribution in [2.75, 3.05) is 0 Å². The van der Waals surface area contributed by atoms with Gasteiger partial charge in [0.15, 0.2) is 0 Å². The van der Waals surface area contributed by atoms with Crippen LogP contribution in [0.3, 0.4) is 0 Å². The second-order valence-electron chi connectivity index (χ2n) is 5.64. The molecule has 0 radical (unpaired) electrons. The van der Waals surface area contributed by atoms with Gasteiger partial charge in [0, 0.05) is 5.57 Å². The van der Waals surface area contributed by atoms with Gasteiger partial charge < -0.3 is 4.74 Å². The summed E-state index contributed by atoms with van der Waals surface area (Å²) in [5.41, 5.74) is 4.96. The number of hydrogen-bond donors (Lipinski definition) is 0. The number of carbonyl (C=O) groups is 1. The Bertz CT molecular complexity index is 845. The van der Waals surface area contributed by atoms with Crippen molar-refractivity contribution < 1.29 is 9.53 Å². The van der Waals surface area contributed by atoms with Gasteiger partial charge in [-0.1, -0.05) is 73.3 Å². The molecule has 0 aliphatic heterocycles. The quantitative estimate of drug-likeness (QED) is 0.361. The highest BCUT2D eigenvalue weighted by molar-refractivity contribution is 5.88. The zero-order chi connectivity index (χ0) is 16.9. The standard InChI is InChI=1S/C22H18O2/c1-16(2)22(23)24-21-14-12-20(13-15-21)19-10-8-18(9-11-19)17-6-4-3-5-7-17/h3-15H,1H2,2H3. The van der Waals surface area contributed by atoms with Gasteiger partial charge in [-0.2, -0.15) is 0 Å². The monoisotopic (exact) mass is 314 g/mol. The third kappa shape index (κ3) is 3.61. The molecule has 0 unspecified atom stereocenters. The molecule has 2 heteroatoms. The summed E-state index contributed by atoms with van der Waals surface area (Å²) in [5.74, 6) is 0.114. The van der Waals surface area contributed by atoms with Crippen LogP contribution in [-0.4, -0.2) is 5.97 Å². The molecule has 0 amide bonds. The summed E-state index contributed by atoms with van der Waals surface area (Å²) in [7, 11) is 0. The van der Waals surface area contributed by atoms with Crippen LogP contribution in [0.5, 0.6) is 5.75 Å². The van der Waals surface area contributed by atoms with E-state index in [2.05, 4.69) is 43.0 Å². The second kappa shape index (κ2) is 6.97. The Balaban J connectivity index is 1.77. The molecule has 0 spiro atoms. The van der Waals surface area contributed by atoms with Gasteiger partial charge in [0.1, 0.15) is 5.75 Å². The van der Waals surface area contributed by atoms with Crippen LogP contribution in [0.1, 0.15) is 6.92 Å². The summed E-state index contributed by atoms with van der Waals surface area (Å²) in [6.45, 7) is 5.20. The zero-order valence-corrected chi connectivity index (χ0v) is 13.5. The highest BCUT2D eigenvalue weighted by Gasteiger charge is 2.06. The molecule has 2 nitrogen and oxygen atoms in total. The Morgan fingerprint density at radius 3 is 1.58 bits per heavy atom. The normalized spacial score (nSPS) is 10.2. The molecule has 0 aliphatic rings. The fourth-order valence-corrected chi connectivity index (χ4v) is 2.40. The van der Waals surface area contributed by atoms with Crippen LogP contribution in [-0.2, 0) is 4.79 Å². The predicted octanol–water partition coefficient (Wildman–Crippen LogP) is 5.50. The third-order valence-corrected chi connectivity index (χ3v) is 3.74. The first-order chi connectivity index (χ1) is 11.6. The first-order valence-electron chi connectivity index (χ1n) is 7.77. The van der Waals surface area contributed by atoms with E-state index in [0.29, 0.717) is 11.3 Å². The minimum absolute atomic E-state index is 0.385. The fourth-order valence-electron chi connectivity index (χ4n) is 2.40. The average molecular weight is 314 g/mol. The van der Waals surface area contributed by atoms with Crippen molar-refractivity contribution in [2.24, 2.45) is 0 Å². The molecule has 3 aromatic rings. The van der Waals surface area contributed by atoms with E-state index in [1.54, 1.807) is 19.1 Å². The molecule has 3 rings (SSSR count). The molecule has 118 valence electrons. The van der Waals surface area contributed by atoms with E-state index in [1.165, 1.54) is 11.1 Å². The Kier molecular flexibility index (Phi) is 4.57. The Hall–Kier alpha value is -3.13.